The maximum Gasteiger partial charge on any atom is 0.336 e. The van der Waals surface area contributed by atoms with Gasteiger partial charge in [0, 0.05) is 24.7 Å². The molecule has 1 atom stereocenters. The largest absolute Gasteiger partial charge is 0.478 e. The van der Waals surface area contributed by atoms with Crippen LogP contribution in [0.15, 0.2) is 28.0 Å². The summed E-state index contributed by atoms with van der Waals surface area (Å²) in [4.78, 5) is 12.0. The summed E-state index contributed by atoms with van der Waals surface area (Å²) in [5.41, 5.74) is 0.0335. The molecular weight excluding hydrogens is 310 g/mol. The van der Waals surface area contributed by atoms with Gasteiger partial charge < -0.3 is 5.11 Å². The second kappa shape index (κ2) is 7.29. The van der Waals surface area contributed by atoms with E-state index in [1.165, 1.54) is 38.0 Å². The Hall–Kier alpha value is -1.05. The summed E-state index contributed by atoms with van der Waals surface area (Å²) in [6.07, 6.45) is 1.02. The van der Waals surface area contributed by atoms with Gasteiger partial charge in [-0.05, 0) is 24.1 Å². The predicted molar refractivity (Wildman–Crippen MR) is 84.5 cm³/mol. The molecule has 0 spiro atoms. The van der Waals surface area contributed by atoms with Crippen LogP contribution in [0, 0.1) is 5.92 Å². The Morgan fingerprint density at radius 1 is 1.38 bits per heavy atom. The monoisotopic (exact) mass is 331 g/mol. The lowest BCUT2D eigenvalue weighted by molar-refractivity contribution is 0.0693. The van der Waals surface area contributed by atoms with Gasteiger partial charge in [0.15, 0.2) is 0 Å². The fourth-order valence-corrected chi connectivity index (χ4v) is 3.62. The van der Waals surface area contributed by atoms with E-state index < -0.39 is 16.0 Å². The molecule has 1 N–H and O–H groups in total. The molecule has 0 aromatic heterocycles. The minimum atomic E-state index is -3.62. The molecule has 0 amide bonds. The zero-order chi connectivity index (χ0) is 16.2. The van der Waals surface area contributed by atoms with E-state index in [2.05, 4.69) is 13.8 Å². The van der Waals surface area contributed by atoms with E-state index >= 15 is 0 Å². The maximum absolute atomic E-state index is 12.1. The van der Waals surface area contributed by atoms with Gasteiger partial charge in [0.2, 0.25) is 10.0 Å². The fraction of sp³-hybridized carbons (Fsp3) is 0.500. The van der Waals surface area contributed by atoms with Crippen LogP contribution in [0.4, 0.5) is 0 Å². The van der Waals surface area contributed by atoms with Gasteiger partial charge in [-0.2, -0.15) is 0 Å². The first kappa shape index (κ1) is 18.0. The van der Waals surface area contributed by atoms with Gasteiger partial charge in [0.25, 0.3) is 0 Å². The smallest absolute Gasteiger partial charge is 0.336 e. The number of sulfonamides is 1. The van der Waals surface area contributed by atoms with Crippen molar-refractivity contribution < 1.29 is 18.3 Å². The molecule has 0 bridgehead atoms. The number of carboxylic acids is 1. The van der Waals surface area contributed by atoms with Crippen LogP contribution in [-0.4, -0.2) is 43.6 Å². The topological polar surface area (TPSA) is 74.7 Å². The fourth-order valence-electron chi connectivity index (χ4n) is 1.52. The van der Waals surface area contributed by atoms with E-state index in [9.17, 15) is 18.3 Å². The third-order valence-corrected chi connectivity index (χ3v) is 6.39. The molecule has 21 heavy (non-hydrogen) atoms. The SMILES string of the molecule is CCC(C)CSc1ccc(S(=O)(=O)N(C)C)cc1C(=O)O. The van der Waals surface area contributed by atoms with Crippen molar-refractivity contribution in [2.45, 2.75) is 30.1 Å². The number of hydrogen-bond acceptors (Lipinski definition) is 4. The van der Waals surface area contributed by atoms with Crippen molar-refractivity contribution in [3.63, 3.8) is 0 Å². The number of nitrogens with zero attached hydrogens (tertiary/aromatic N) is 1. The molecule has 0 heterocycles. The Morgan fingerprint density at radius 3 is 2.48 bits per heavy atom. The van der Waals surface area contributed by atoms with Gasteiger partial charge in [-0.15, -0.1) is 11.8 Å². The molecule has 0 aliphatic carbocycles. The van der Waals surface area contributed by atoms with Crippen LogP contribution in [0.5, 0.6) is 0 Å². The van der Waals surface area contributed by atoms with Crippen LogP contribution in [0.25, 0.3) is 0 Å². The van der Waals surface area contributed by atoms with Crippen LogP contribution < -0.4 is 0 Å². The van der Waals surface area contributed by atoms with Gasteiger partial charge >= 0.3 is 5.97 Å². The summed E-state index contributed by atoms with van der Waals surface area (Å²) in [6, 6.07) is 4.27. The normalized spacial score (nSPS) is 13.4. The van der Waals surface area contributed by atoms with Crippen LogP contribution in [0.1, 0.15) is 30.6 Å². The average Bonchev–Trinajstić information content (AvgIpc) is 2.43. The van der Waals surface area contributed by atoms with E-state index in [0.29, 0.717) is 10.8 Å². The molecule has 0 radical (unpaired) electrons. The van der Waals surface area contributed by atoms with Crippen molar-refractivity contribution in [3.8, 4) is 0 Å². The average molecular weight is 331 g/mol. The molecule has 0 saturated carbocycles. The number of thioether (sulfide) groups is 1. The standard InChI is InChI=1S/C14H21NO4S2/c1-5-10(2)9-20-13-7-6-11(8-12(13)14(16)17)21(18,19)15(3)4/h6-8,10H,5,9H2,1-4H3,(H,16,17). The molecule has 118 valence electrons. The number of aromatic carboxylic acids is 1. The zero-order valence-corrected chi connectivity index (χ0v) is 14.3. The van der Waals surface area contributed by atoms with E-state index in [0.717, 1.165) is 16.5 Å². The number of hydrogen-bond donors (Lipinski definition) is 1. The van der Waals surface area contributed by atoms with Crippen LogP contribution in [0.3, 0.4) is 0 Å². The number of rotatable bonds is 7. The van der Waals surface area contributed by atoms with E-state index in [4.69, 9.17) is 0 Å². The van der Waals surface area contributed by atoms with Gasteiger partial charge in [-0.25, -0.2) is 17.5 Å². The molecule has 1 rings (SSSR count). The highest BCUT2D eigenvalue weighted by atomic mass is 32.2. The first-order chi connectivity index (χ1) is 9.70. The third-order valence-electron chi connectivity index (χ3n) is 3.18. The van der Waals surface area contributed by atoms with E-state index in [1.807, 2.05) is 0 Å². The van der Waals surface area contributed by atoms with Gasteiger partial charge in [-0.3, -0.25) is 0 Å². The summed E-state index contributed by atoms with van der Waals surface area (Å²) < 4.78 is 25.2. The Balaban J connectivity index is 3.17. The van der Waals surface area contributed by atoms with Crippen molar-refractivity contribution in [3.05, 3.63) is 23.8 Å². The highest BCUT2D eigenvalue weighted by Gasteiger charge is 2.21. The number of carbonyl (C=O) groups is 1. The van der Waals surface area contributed by atoms with Crippen LogP contribution in [0.2, 0.25) is 0 Å². The quantitative estimate of drug-likeness (QED) is 0.778. The molecule has 1 unspecified atom stereocenters. The second-order valence-corrected chi connectivity index (χ2v) is 8.29. The second-order valence-electron chi connectivity index (χ2n) is 5.07. The first-order valence-corrected chi connectivity index (χ1v) is 9.05. The molecule has 1 aromatic carbocycles. The minimum Gasteiger partial charge on any atom is -0.478 e. The highest BCUT2D eigenvalue weighted by molar-refractivity contribution is 7.99. The first-order valence-electron chi connectivity index (χ1n) is 6.62. The summed E-state index contributed by atoms with van der Waals surface area (Å²) in [5.74, 6) is 0.163. The zero-order valence-electron chi connectivity index (χ0n) is 12.7. The summed E-state index contributed by atoms with van der Waals surface area (Å²) in [5, 5.41) is 9.30. The Bertz CT molecular complexity index is 611. The molecule has 0 aliphatic heterocycles. The summed E-state index contributed by atoms with van der Waals surface area (Å²) in [6.45, 7) is 4.18. The Kier molecular flexibility index (Phi) is 6.24. The molecule has 7 heteroatoms. The maximum atomic E-state index is 12.1. The van der Waals surface area contributed by atoms with Crippen molar-refractivity contribution in [2.75, 3.05) is 19.8 Å². The predicted octanol–water partition coefficient (Wildman–Crippen LogP) is 2.77. The van der Waals surface area contributed by atoms with E-state index in [1.54, 1.807) is 6.07 Å². The third kappa shape index (κ3) is 4.46. The summed E-state index contributed by atoms with van der Waals surface area (Å²) >= 11 is 1.45. The molecule has 0 saturated heterocycles. The van der Waals surface area contributed by atoms with Crippen LogP contribution >= 0.6 is 11.8 Å². The van der Waals surface area contributed by atoms with Crippen molar-refractivity contribution in [1.82, 2.24) is 4.31 Å². The Labute approximate surface area is 130 Å². The molecular formula is C14H21NO4S2. The molecule has 1 aromatic rings. The van der Waals surface area contributed by atoms with Gasteiger partial charge in [-0.1, -0.05) is 20.3 Å². The van der Waals surface area contributed by atoms with E-state index in [-0.39, 0.29) is 10.5 Å². The minimum absolute atomic E-state index is 0.00205. The number of benzene rings is 1. The van der Waals surface area contributed by atoms with Crippen molar-refractivity contribution in [1.29, 1.82) is 0 Å². The van der Waals surface area contributed by atoms with Crippen molar-refractivity contribution >= 4 is 27.8 Å². The summed E-state index contributed by atoms with van der Waals surface area (Å²) in [7, 11) is -0.789. The lowest BCUT2D eigenvalue weighted by Gasteiger charge is -2.14. The Morgan fingerprint density at radius 2 is 2.00 bits per heavy atom. The molecule has 5 nitrogen and oxygen atoms in total. The van der Waals surface area contributed by atoms with Gasteiger partial charge in [0.05, 0.1) is 10.5 Å². The van der Waals surface area contributed by atoms with Crippen LogP contribution in [-0.2, 0) is 10.0 Å². The molecule has 0 aliphatic rings. The van der Waals surface area contributed by atoms with Gasteiger partial charge in [0.1, 0.15) is 0 Å². The molecule has 0 fully saturated rings. The highest BCUT2D eigenvalue weighted by Crippen LogP contribution is 2.28. The lowest BCUT2D eigenvalue weighted by Crippen LogP contribution is -2.22. The lowest BCUT2D eigenvalue weighted by atomic mass is 10.2. The number of carboxylic acid groups (broad SMARTS) is 1. The van der Waals surface area contributed by atoms with Crippen molar-refractivity contribution in [2.24, 2.45) is 5.92 Å².